The van der Waals surface area contributed by atoms with Crippen molar-refractivity contribution >= 4 is 21.6 Å². The van der Waals surface area contributed by atoms with E-state index in [1.165, 1.54) is 22.5 Å². The van der Waals surface area contributed by atoms with Crippen molar-refractivity contribution in [1.82, 2.24) is 10.3 Å². The van der Waals surface area contributed by atoms with E-state index < -0.39 is 0 Å². The van der Waals surface area contributed by atoms with Crippen molar-refractivity contribution in [3.8, 4) is 0 Å². The molecule has 1 N–H and O–H groups in total. The second-order valence-corrected chi connectivity index (χ2v) is 6.66. The maximum atomic E-state index is 4.75. The molecule has 0 aliphatic heterocycles. The van der Waals surface area contributed by atoms with Crippen LogP contribution in [0.4, 0.5) is 0 Å². The fraction of sp³-hybridized carbons (Fsp3) is 0.533. The molecule has 0 spiro atoms. The van der Waals surface area contributed by atoms with E-state index >= 15 is 0 Å². The topological polar surface area (TPSA) is 24.9 Å². The summed E-state index contributed by atoms with van der Waals surface area (Å²) in [5.74, 6) is 0. The van der Waals surface area contributed by atoms with E-state index in [9.17, 15) is 0 Å². The third-order valence-corrected chi connectivity index (χ3v) is 5.11. The highest BCUT2D eigenvalue weighted by Gasteiger charge is 2.44. The number of nitrogens with one attached hydrogen (secondary N) is 1. The van der Waals surface area contributed by atoms with Gasteiger partial charge < -0.3 is 5.32 Å². The lowest BCUT2D eigenvalue weighted by Crippen LogP contribution is -2.37. The van der Waals surface area contributed by atoms with Gasteiger partial charge in [0.25, 0.3) is 0 Å². The molecule has 1 aliphatic carbocycles. The number of aromatic nitrogens is 1. The monoisotopic (exact) mass is 260 g/mol. The van der Waals surface area contributed by atoms with Crippen LogP contribution in [0.1, 0.15) is 31.7 Å². The van der Waals surface area contributed by atoms with Crippen LogP contribution >= 0.6 is 11.3 Å². The van der Waals surface area contributed by atoms with Gasteiger partial charge in [0.05, 0.1) is 15.2 Å². The van der Waals surface area contributed by atoms with Crippen LogP contribution in [0.2, 0.25) is 0 Å². The highest BCUT2D eigenvalue weighted by Crippen LogP contribution is 2.49. The van der Waals surface area contributed by atoms with Crippen molar-refractivity contribution in [2.45, 2.75) is 39.2 Å². The number of nitrogens with zero attached hydrogens (tertiary/aromatic N) is 1. The molecule has 2 aromatic rings. The number of benzene rings is 1. The molecule has 1 atom stereocenters. The third kappa shape index (κ3) is 2.29. The normalized spacial score (nSPS) is 19.0. The second-order valence-electron chi connectivity index (χ2n) is 5.54. The standard InChI is InChI=1S/C15H20N2S/c1-3-16-13(15(2)8-9-15)10-14-17-11-6-4-5-7-12(11)18-14/h4-7,13,16H,3,8-10H2,1-2H3. The summed E-state index contributed by atoms with van der Waals surface area (Å²) >= 11 is 1.84. The average molecular weight is 260 g/mol. The molecule has 0 radical (unpaired) electrons. The molecule has 96 valence electrons. The molecular formula is C15H20N2S. The quantitative estimate of drug-likeness (QED) is 0.888. The zero-order chi connectivity index (χ0) is 12.6. The van der Waals surface area contributed by atoms with Crippen LogP contribution < -0.4 is 5.32 Å². The Morgan fingerprint density at radius 3 is 2.83 bits per heavy atom. The summed E-state index contributed by atoms with van der Waals surface area (Å²) in [6.07, 6.45) is 3.79. The minimum absolute atomic E-state index is 0.508. The number of thiazole rings is 1. The van der Waals surface area contributed by atoms with Crippen LogP contribution in [0.3, 0.4) is 0 Å². The first-order valence-corrected chi connectivity index (χ1v) is 7.61. The summed E-state index contributed by atoms with van der Waals surface area (Å²) in [5, 5.41) is 4.92. The number of hydrogen-bond donors (Lipinski definition) is 1. The van der Waals surface area contributed by atoms with Crippen molar-refractivity contribution in [2.75, 3.05) is 6.54 Å². The summed E-state index contributed by atoms with van der Waals surface area (Å²) < 4.78 is 1.31. The molecule has 3 heteroatoms. The predicted molar refractivity (Wildman–Crippen MR) is 78.1 cm³/mol. The van der Waals surface area contributed by atoms with Gasteiger partial charge in [-0.15, -0.1) is 11.3 Å². The van der Waals surface area contributed by atoms with Gasteiger partial charge in [-0.25, -0.2) is 4.98 Å². The van der Waals surface area contributed by atoms with Gasteiger partial charge in [0.2, 0.25) is 0 Å². The van der Waals surface area contributed by atoms with E-state index in [-0.39, 0.29) is 0 Å². The lowest BCUT2D eigenvalue weighted by Gasteiger charge is -2.23. The van der Waals surface area contributed by atoms with Crippen LogP contribution in [0.15, 0.2) is 24.3 Å². The van der Waals surface area contributed by atoms with Gasteiger partial charge in [-0.3, -0.25) is 0 Å². The first-order valence-electron chi connectivity index (χ1n) is 6.79. The Labute approximate surface area is 112 Å². The van der Waals surface area contributed by atoms with Crippen molar-refractivity contribution < 1.29 is 0 Å². The minimum atomic E-state index is 0.508. The number of fused-ring (bicyclic) bond motifs is 1. The average Bonchev–Trinajstić information content (AvgIpc) is 2.98. The molecule has 1 aromatic carbocycles. The van der Waals surface area contributed by atoms with Crippen LogP contribution in [-0.4, -0.2) is 17.6 Å². The highest BCUT2D eigenvalue weighted by atomic mass is 32.1. The molecule has 2 nitrogen and oxygen atoms in total. The number of hydrogen-bond acceptors (Lipinski definition) is 3. The van der Waals surface area contributed by atoms with Gasteiger partial charge in [0.15, 0.2) is 0 Å². The SMILES string of the molecule is CCNC(Cc1nc2ccccc2s1)C1(C)CC1. The van der Waals surface area contributed by atoms with E-state index in [0.717, 1.165) is 18.5 Å². The lowest BCUT2D eigenvalue weighted by atomic mass is 9.96. The number of para-hydroxylation sites is 1. The molecule has 0 bridgehead atoms. The Hall–Kier alpha value is -0.930. The zero-order valence-electron chi connectivity index (χ0n) is 11.1. The summed E-state index contributed by atoms with van der Waals surface area (Å²) in [6, 6.07) is 9.01. The van der Waals surface area contributed by atoms with Crippen molar-refractivity contribution in [3.05, 3.63) is 29.3 Å². The Morgan fingerprint density at radius 2 is 2.17 bits per heavy atom. The molecule has 1 aromatic heterocycles. The molecule has 1 fully saturated rings. The summed E-state index contributed by atoms with van der Waals surface area (Å²) in [4.78, 5) is 4.75. The molecule has 3 rings (SSSR count). The first kappa shape index (κ1) is 12.1. The maximum absolute atomic E-state index is 4.75. The van der Waals surface area contributed by atoms with Crippen LogP contribution in [0, 0.1) is 5.41 Å². The van der Waals surface area contributed by atoms with Gasteiger partial charge >= 0.3 is 0 Å². The summed E-state index contributed by atoms with van der Waals surface area (Å²) in [6.45, 7) is 5.63. The fourth-order valence-electron chi connectivity index (χ4n) is 2.54. The largest absolute Gasteiger partial charge is 0.313 e. The van der Waals surface area contributed by atoms with Crippen molar-refractivity contribution in [1.29, 1.82) is 0 Å². The van der Waals surface area contributed by atoms with Gasteiger partial charge in [-0.05, 0) is 36.9 Å². The van der Waals surface area contributed by atoms with E-state index in [0.29, 0.717) is 11.5 Å². The van der Waals surface area contributed by atoms with E-state index in [1.54, 1.807) is 0 Å². The molecule has 1 unspecified atom stereocenters. The van der Waals surface area contributed by atoms with Gasteiger partial charge in [-0.2, -0.15) is 0 Å². The highest BCUT2D eigenvalue weighted by molar-refractivity contribution is 7.18. The van der Waals surface area contributed by atoms with Crippen LogP contribution in [0.25, 0.3) is 10.2 Å². The van der Waals surface area contributed by atoms with Crippen LogP contribution in [-0.2, 0) is 6.42 Å². The summed E-state index contributed by atoms with van der Waals surface area (Å²) in [5.41, 5.74) is 1.65. The number of rotatable bonds is 5. The van der Waals surface area contributed by atoms with Crippen LogP contribution in [0.5, 0.6) is 0 Å². The lowest BCUT2D eigenvalue weighted by molar-refractivity contribution is 0.360. The van der Waals surface area contributed by atoms with Gasteiger partial charge in [-0.1, -0.05) is 26.0 Å². The second kappa shape index (κ2) is 4.63. The third-order valence-electron chi connectivity index (χ3n) is 4.05. The zero-order valence-corrected chi connectivity index (χ0v) is 11.9. The van der Waals surface area contributed by atoms with Crippen molar-refractivity contribution in [2.24, 2.45) is 5.41 Å². The Kier molecular flexibility index (Phi) is 3.12. The fourth-order valence-corrected chi connectivity index (χ4v) is 3.55. The maximum Gasteiger partial charge on any atom is 0.0954 e. The molecule has 1 saturated carbocycles. The summed E-state index contributed by atoms with van der Waals surface area (Å²) in [7, 11) is 0. The molecule has 18 heavy (non-hydrogen) atoms. The number of likely N-dealkylation sites (N-methyl/N-ethyl adjacent to an activating group) is 1. The first-order chi connectivity index (χ1) is 8.71. The van der Waals surface area contributed by atoms with E-state index in [4.69, 9.17) is 4.98 Å². The van der Waals surface area contributed by atoms with Crippen molar-refractivity contribution in [3.63, 3.8) is 0 Å². The molecule has 0 amide bonds. The minimum Gasteiger partial charge on any atom is -0.313 e. The van der Waals surface area contributed by atoms with E-state index in [2.05, 4.69) is 43.4 Å². The predicted octanol–water partition coefficient (Wildman–Crippen LogP) is 3.62. The van der Waals surface area contributed by atoms with Gasteiger partial charge in [0, 0.05) is 12.5 Å². The Balaban J connectivity index is 1.81. The molecule has 1 aliphatic rings. The Morgan fingerprint density at radius 1 is 1.39 bits per heavy atom. The smallest absolute Gasteiger partial charge is 0.0954 e. The van der Waals surface area contributed by atoms with E-state index in [1.807, 2.05) is 11.3 Å². The van der Waals surface area contributed by atoms with Gasteiger partial charge in [0.1, 0.15) is 0 Å². The molecule has 1 heterocycles. The Bertz CT molecular complexity index is 509. The molecule has 0 saturated heterocycles. The molecular weight excluding hydrogens is 240 g/mol.